The van der Waals surface area contributed by atoms with Crippen LogP contribution in [0.2, 0.25) is 0 Å². The van der Waals surface area contributed by atoms with Crippen molar-refractivity contribution >= 4 is 11.0 Å². The number of nitrogens with zero attached hydrogens (tertiary/aromatic N) is 1. The van der Waals surface area contributed by atoms with Crippen molar-refractivity contribution in [3.63, 3.8) is 0 Å². The fraction of sp³-hybridized carbons (Fsp3) is 0.400. The number of rotatable bonds is 6. The number of ether oxygens (including phenoxy) is 1. The molecule has 0 fully saturated rings. The largest absolute Gasteiger partial charge is 0.464 e. The Morgan fingerprint density at radius 1 is 1.21 bits per heavy atom. The number of hydrogen-bond donors (Lipinski definition) is 0. The minimum Gasteiger partial charge on any atom is -0.464 e. The van der Waals surface area contributed by atoms with Gasteiger partial charge in [0, 0.05) is 12.6 Å². The molecule has 2 aromatic rings. The van der Waals surface area contributed by atoms with Crippen molar-refractivity contribution in [1.82, 2.24) is 4.90 Å². The zero-order valence-electron chi connectivity index (χ0n) is 11.4. The van der Waals surface area contributed by atoms with E-state index in [0.29, 0.717) is 17.6 Å². The van der Waals surface area contributed by atoms with Gasteiger partial charge in [-0.3, -0.25) is 4.79 Å². The molecule has 0 spiro atoms. The van der Waals surface area contributed by atoms with Gasteiger partial charge in [0.05, 0.1) is 24.9 Å². The Hall–Kier alpha value is -1.65. The van der Waals surface area contributed by atoms with E-state index in [1.165, 1.54) is 12.3 Å². The molecule has 0 aliphatic heterocycles. The van der Waals surface area contributed by atoms with Crippen LogP contribution in [0.3, 0.4) is 0 Å². The molecule has 19 heavy (non-hydrogen) atoms. The van der Waals surface area contributed by atoms with Gasteiger partial charge in [-0.15, -0.1) is 0 Å². The van der Waals surface area contributed by atoms with E-state index in [9.17, 15) is 4.79 Å². The standard InChI is InChI=1S/C15H19NO3/c1-16(2)7-10-18-8-5-12-3-4-15-13(11-12)14(17)6-9-19-15/h3-4,6,9,11H,5,7-8,10H2,1-2H3. The molecule has 0 saturated carbocycles. The zero-order valence-corrected chi connectivity index (χ0v) is 11.4. The summed E-state index contributed by atoms with van der Waals surface area (Å²) in [7, 11) is 4.04. The lowest BCUT2D eigenvalue weighted by molar-refractivity contribution is 0.120. The second-order valence-electron chi connectivity index (χ2n) is 4.78. The van der Waals surface area contributed by atoms with Gasteiger partial charge in [0.2, 0.25) is 0 Å². The lowest BCUT2D eigenvalue weighted by atomic mass is 10.1. The summed E-state index contributed by atoms with van der Waals surface area (Å²) >= 11 is 0. The predicted octanol–water partition coefficient (Wildman–Crippen LogP) is 1.91. The lowest BCUT2D eigenvalue weighted by Gasteiger charge is -2.09. The summed E-state index contributed by atoms with van der Waals surface area (Å²) in [5, 5.41) is 0.633. The summed E-state index contributed by atoms with van der Waals surface area (Å²) in [4.78, 5) is 13.8. The quantitative estimate of drug-likeness (QED) is 0.745. The highest BCUT2D eigenvalue weighted by molar-refractivity contribution is 5.76. The van der Waals surface area contributed by atoms with Gasteiger partial charge in [-0.25, -0.2) is 0 Å². The summed E-state index contributed by atoms with van der Waals surface area (Å²) in [6.45, 7) is 2.31. The first-order chi connectivity index (χ1) is 9.16. The summed E-state index contributed by atoms with van der Waals surface area (Å²) < 4.78 is 10.8. The maximum Gasteiger partial charge on any atom is 0.192 e. The van der Waals surface area contributed by atoms with Crippen LogP contribution in [-0.4, -0.2) is 38.8 Å². The zero-order chi connectivity index (χ0) is 13.7. The summed E-state index contributed by atoms with van der Waals surface area (Å²) in [5.74, 6) is 0. The molecular formula is C15H19NO3. The van der Waals surface area contributed by atoms with Crippen LogP contribution < -0.4 is 5.43 Å². The van der Waals surface area contributed by atoms with Gasteiger partial charge < -0.3 is 14.1 Å². The van der Waals surface area contributed by atoms with Gasteiger partial charge in [-0.2, -0.15) is 0 Å². The Morgan fingerprint density at radius 2 is 2.05 bits per heavy atom. The van der Waals surface area contributed by atoms with Crippen LogP contribution in [0.15, 0.2) is 39.7 Å². The van der Waals surface area contributed by atoms with Crippen molar-refractivity contribution in [2.24, 2.45) is 0 Å². The molecule has 0 aliphatic rings. The number of fused-ring (bicyclic) bond motifs is 1. The van der Waals surface area contributed by atoms with Gasteiger partial charge in [0.15, 0.2) is 5.43 Å². The van der Waals surface area contributed by atoms with E-state index >= 15 is 0 Å². The number of likely N-dealkylation sites (N-methyl/N-ethyl adjacent to an activating group) is 1. The molecule has 0 atom stereocenters. The highest BCUT2D eigenvalue weighted by Crippen LogP contribution is 2.12. The minimum absolute atomic E-state index is 0.00312. The average Bonchev–Trinajstić information content (AvgIpc) is 2.39. The first kappa shape index (κ1) is 13.8. The van der Waals surface area contributed by atoms with Crippen LogP contribution >= 0.6 is 0 Å². The first-order valence-corrected chi connectivity index (χ1v) is 6.40. The summed E-state index contributed by atoms with van der Waals surface area (Å²) in [6.07, 6.45) is 2.23. The van der Waals surface area contributed by atoms with E-state index in [2.05, 4.69) is 4.90 Å². The van der Waals surface area contributed by atoms with Gasteiger partial charge in [0.25, 0.3) is 0 Å². The highest BCUT2D eigenvalue weighted by Gasteiger charge is 2.02. The molecule has 0 radical (unpaired) electrons. The SMILES string of the molecule is CN(C)CCOCCc1ccc2occc(=O)c2c1. The molecule has 2 rings (SSSR count). The van der Waals surface area contributed by atoms with Crippen LogP contribution in [0, 0.1) is 0 Å². The van der Waals surface area contributed by atoms with Crippen LogP contribution in [0.5, 0.6) is 0 Å². The van der Waals surface area contributed by atoms with E-state index in [-0.39, 0.29) is 5.43 Å². The molecule has 0 bridgehead atoms. The molecule has 102 valence electrons. The molecule has 0 unspecified atom stereocenters. The summed E-state index contributed by atoms with van der Waals surface area (Å²) in [5.41, 5.74) is 1.72. The molecular weight excluding hydrogens is 242 g/mol. The van der Waals surface area contributed by atoms with Crippen molar-refractivity contribution in [3.8, 4) is 0 Å². The molecule has 0 N–H and O–H groups in total. The third-order valence-corrected chi connectivity index (χ3v) is 2.94. The Morgan fingerprint density at radius 3 is 2.84 bits per heavy atom. The Bertz CT molecular complexity index is 589. The molecule has 1 aromatic carbocycles. The third kappa shape index (κ3) is 3.91. The fourth-order valence-corrected chi connectivity index (χ4v) is 1.83. The van der Waals surface area contributed by atoms with Crippen LogP contribution in [0.25, 0.3) is 11.0 Å². The monoisotopic (exact) mass is 261 g/mol. The van der Waals surface area contributed by atoms with E-state index < -0.39 is 0 Å². The van der Waals surface area contributed by atoms with Crippen molar-refractivity contribution in [1.29, 1.82) is 0 Å². The second kappa shape index (κ2) is 6.50. The Balaban J connectivity index is 1.94. The van der Waals surface area contributed by atoms with Crippen molar-refractivity contribution in [2.45, 2.75) is 6.42 Å². The minimum atomic E-state index is -0.00312. The van der Waals surface area contributed by atoms with Crippen LogP contribution in [-0.2, 0) is 11.2 Å². The molecule has 0 amide bonds. The molecule has 0 saturated heterocycles. The fourth-order valence-electron chi connectivity index (χ4n) is 1.83. The van der Waals surface area contributed by atoms with Gasteiger partial charge >= 0.3 is 0 Å². The Labute approximate surface area is 112 Å². The summed E-state index contributed by atoms with van der Waals surface area (Å²) in [6, 6.07) is 7.14. The molecule has 4 heteroatoms. The normalized spacial score (nSPS) is 11.3. The molecule has 4 nitrogen and oxygen atoms in total. The second-order valence-corrected chi connectivity index (χ2v) is 4.78. The van der Waals surface area contributed by atoms with Crippen molar-refractivity contribution in [3.05, 3.63) is 46.3 Å². The predicted molar refractivity (Wildman–Crippen MR) is 75.6 cm³/mol. The molecule has 1 heterocycles. The maximum absolute atomic E-state index is 11.7. The molecule has 1 aromatic heterocycles. The van der Waals surface area contributed by atoms with Crippen molar-refractivity contribution in [2.75, 3.05) is 33.9 Å². The van der Waals surface area contributed by atoms with Crippen molar-refractivity contribution < 1.29 is 9.15 Å². The van der Waals surface area contributed by atoms with E-state index in [1.807, 2.05) is 32.3 Å². The van der Waals surface area contributed by atoms with Crippen LogP contribution in [0.1, 0.15) is 5.56 Å². The maximum atomic E-state index is 11.7. The third-order valence-electron chi connectivity index (χ3n) is 2.94. The number of hydrogen-bond acceptors (Lipinski definition) is 4. The average molecular weight is 261 g/mol. The lowest BCUT2D eigenvalue weighted by Crippen LogP contribution is -2.18. The van der Waals surface area contributed by atoms with E-state index in [1.54, 1.807) is 0 Å². The Kier molecular flexibility index (Phi) is 4.71. The van der Waals surface area contributed by atoms with Gasteiger partial charge in [-0.05, 0) is 38.2 Å². The van der Waals surface area contributed by atoms with Crippen LogP contribution in [0.4, 0.5) is 0 Å². The van der Waals surface area contributed by atoms with Gasteiger partial charge in [-0.1, -0.05) is 6.07 Å². The smallest absolute Gasteiger partial charge is 0.192 e. The number of benzene rings is 1. The van der Waals surface area contributed by atoms with E-state index in [0.717, 1.165) is 25.1 Å². The van der Waals surface area contributed by atoms with E-state index in [4.69, 9.17) is 9.15 Å². The van der Waals surface area contributed by atoms with Gasteiger partial charge in [0.1, 0.15) is 5.58 Å². The topological polar surface area (TPSA) is 42.7 Å². The first-order valence-electron chi connectivity index (χ1n) is 6.40. The molecule has 0 aliphatic carbocycles. The highest BCUT2D eigenvalue weighted by atomic mass is 16.5.